The molecule has 1 saturated heterocycles. The second-order valence-corrected chi connectivity index (χ2v) is 8.44. The van der Waals surface area contributed by atoms with Crippen molar-refractivity contribution in [3.63, 3.8) is 0 Å². The van der Waals surface area contributed by atoms with Crippen molar-refractivity contribution >= 4 is 0 Å². The molecular formula is C17H33N3O. The predicted octanol–water partition coefficient (Wildman–Crippen LogP) is 1.30. The quantitative estimate of drug-likeness (QED) is 0.775. The summed E-state index contributed by atoms with van der Waals surface area (Å²) in [5, 5.41) is 13.9. The van der Waals surface area contributed by atoms with Gasteiger partial charge in [0.05, 0.1) is 12.1 Å². The fraction of sp³-hybridized carbons (Fsp3) is 1.00. The van der Waals surface area contributed by atoms with Gasteiger partial charge in [0.2, 0.25) is 0 Å². The van der Waals surface area contributed by atoms with Gasteiger partial charge < -0.3 is 10.4 Å². The lowest BCUT2D eigenvalue weighted by Gasteiger charge is -2.45. The highest BCUT2D eigenvalue weighted by Gasteiger charge is 2.48. The summed E-state index contributed by atoms with van der Waals surface area (Å²) >= 11 is 0. The fourth-order valence-electron chi connectivity index (χ4n) is 3.76. The first-order valence-electron chi connectivity index (χ1n) is 8.79. The van der Waals surface area contributed by atoms with Crippen molar-refractivity contribution in [1.82, 2.24) is 15.1 Å². The van der Waals surface area contributed by atoms with Gasteiger partial charge in [-0.15, -0.1) is 0 Å². The summed E-state index contributed by atoms with van der Waals surface area (Å²) in [5.74, 6) is 0.698. The molecule has 0 aromatic rings. The summed E-state index contributed by atoms with van der Waals surface area (Å²) in [6.45, 7) is 12.8. The molecule has 2 aliphatic carbocycles. The average molecular weight is 295 g/mol. The van der Waals surface area contributed by atoms with Crippen LogP contribution in [0.1, 0.15) is 46.5 Å². The van der Waals surface area contributed by atoms with Gasteiger partial charge in [0.25, 0.3) is 0 Å². The molecule has 2 N–H and O–H groups in total. The molecule has 1 atom stereocenters. The Balaban J connectivity index is 1.56. The van der Waals surface area contributed by atoms with E-state index in [0.29, 0.717) is 18.6 Å². The molecule has 0 aromatic heterocycles. The van der Waals surface area contributed by atoms with Crippen LogP contribution in [0.3, 0.4) is 0 Å². The van der Waals surface area contributed by atoms with E-state index in [4.69, 9.17) is 0 Å². The normalized spacial score (nSPS) is 28.6. The molecule has 4 nitrogen and oxygen atoms in total. The lowest BCUT2D eigenvalue weighted by molar-refractivity contribution is 0.0294. The van der Waals surface area contributed by atoms with Crippen LogP contribution in [0.5, 0.6) is 0 Å². The molecule has 3 aliphatic rings. The molecule has 0 radical (unpaired) electrons. The molecule has 0 amide bonds. The highest BCUT2D eigenvalue weighted by atomic mass is 16.3. The predicted molar refractivity (Wildman–Crippen MR) is 86.5 cm³/mol. The molecule has 21 heavy (non-hydrogen) atoms. The maximum atomic E-state index is 10.1. The Morgan fingerprint density at radius 1 is 1.00 bits per heavy atom. The zero-order chi connectivity index (χ0) is 15.1. The maximum absolute atomic E-state index is 10.1. The van der Waals surface area contributed by atoms with E-state index in [1.165, 1.54) is 25.7 Å². The average Bonchev–Trinajstić information content (AvgIpc) is 3.30. The standard InChI is InChI=1S/C17H33N3O/c1-16(2,3)20-10-8-19(9-11-20)12-17(13-21,14-4-5-14)18-15-6-7-15/h14-15,18,21H,4-13H2,1-3H3. The van der Waals surface area contributed by atoms with Gasteiger partial charge >= 0.3 is 0 Å². The molecule has 1 unspecified atom stereocenters. The number of nitrogens with one attached hydrogen (secondary N) is 1. The van der Waals surface area contributed by atoms with Gasteiger partial charge in [-0.25, -0.2) is 0 Å². The zero-order valence-electron chi connectivity index (χ0n) is 14.1. The Hall–Kier alpha value is -0.160. The Morgan fingerprint density at radius 2 is 1.62 bits per heavy atom. The fourth-order valence-corrected chi connectivity index (χ4v) is 3.76. The van der Waals surface area contributed by atoms with E-state index >= 15 is 0 Å². The molecule has 1 heterocycles. The Morgan fingerprint density at radius 3 is 2.05 bits per heavy atom. The van der Waals surface area contributed by atoms with Gasteiger partial charge in [-0.1, -0.05) is 0 Å². The van der Waals surface area contributed by atoms with Gasteiger partial charge in [-0.3, -0.25) is 9.80 Å². The van der Waals surface area contributed by atoms with Crippen molar-refractivity contribution in [3.8, 4) is 0 Å². The first-order chi connectivity index (χ1) is 9.93. The van der Waals surface area contributed by atoms with Gasteiger partial charge in [0, 0.05) is 44.3 Å². The number of piperazine rings is 1. The third-order valence-corrected chi connectivity index (χ3v) is 5.54. The van der Waals surface area contributed by atoms with Crippen molar-refractivity contribution in [1.29, 1.82) is 0 Å². The van der Waals surface area contributed by atoms with Gasteiger partial charge in [0.15, 0.2) is 0 Å². The van der Waals surface area contributed by atoms with Crippen LogP contribution in [0, 0.1) is 5.92 Å². The Labute approximate surface area is 129 Å². The van der Waals surface area contributed by atoms with Crippen molar-refractivity contribution in [2.45, 2.75) is 63.6 Å². The van der Waals surface area contributed by atoms with Crippen LogP contribution in [0.4, 0.5) is 0 Å². The Bertz CT molecular complexity index is 352. The van der Waals surface area contributed by atoms with Crippen LogP contribution in [-0.4, -0.2) is 71.4 Å². The van der Waals surface area contributed by atoms with Crippen LogP contribution in [0.25, 0.3) is 0 Å². The molecular weight excluding hydrogens is 262 g/mol. The van der Waals surface area contributed by atoms with E-state index in [-0.39, 0.29) is 11.1 Å². The summed E-state index contributed by atoms with van der Waals surface area (Å²) in [6.07, 6.45) is 5.18. The van der Waals surface area contributed by atoms with Crippen LogP contribution < -0.4 is 5.32 Å². The van der Waals surface area contributed by atoms with E-state index in [0.717, 1.165) is 32.7 Å². The molecule has 0 aromatic carbocycles. The lowest BCUT2D eigenvalue weighted by atomic mass is 9.92. The molecule has 122 valence electrons. The van der Waals surface area contributed by atoms with E-state index in [1.54, 1.807) is 0 Å². The number of hydrogen-bond acceptors (Lipinski definition) is 4. The van der Waals surface area contributed by atoms with Crippen LogP contribution >= 0.6 is 0 Å². The smallest absolute Gasteiger partial charge is 0.0628 e. The van der Waals surface area contributed by atoms with Crippen LogP contribution in [0.15, 0.2) is 0 Å². The highest BCUT2D eigenvalue weighted by Crippen LogP contribution is 2.42. The van der Waals surface area contributed by atoms with Gasteiger partial charge in [-0.2, -0.15) is 0 Å². The molecule has 0 bridgehead atoms. The second kappa shape index (κ2) is 5.80. The van der Waals surface area contributed by atoms with E-state index in [1.807, 2.05) is 0 Å². The number of nitrogens with zero attached hydrogens (tertiary/aromatic N) is 2. The molecule has 1 aliphatic heterocycles. The SMILES string of the molecule is CC(C)(C)N1CCN(CC(CO)(NC2CC2)C2CC2)CC1. The largest absolute Gasteiger partial charge is 0.394 e. The molecule has 0 spiro atoms. The van der Waals surface area contributed by atoms with E-state index < -0.39 is 0 Å². The summed E-state index contributed by atoms with van der Waals surface area (Å²) in [5.41, 5.74) is 0.258. The minimum absolute atomic E-state index is 0.0227. The highest BCUT2D eigenvalue weighted by molar-refractivity contribution is 5.06. The summed E-state index contributed by atoms with van der Waals surface area (Å²) in [7, 11) is 0. The van der Waals surface area contributed by atoms with Gasteiger partial charge in [0.1, 0.15) is 0 Å². The molecule has 3 fully saturated rings. The topological polar surface area (TPSA) is 38.7 Å². The van der Waals surface area contributed by atoms with Crippen molar-refractivity contribution in [3.05, 3.63) is 0 Å². The van der Waals surface area contributed by atoms with E-state index in [9.17, 15) is 5.11 Å². The second-order valence-electron chi connectivity index (χ2n) is 8.44. The molecule has 3 rings (SSSR count). The van der Waals surface area contributed by atoms with Crippen molar-refractivity contribution in [2.75, 3.05) is 39.3 Å². The minimum Gasteiger partial charge on any atom is -0.394 e. The number of aliphatic hydroxyl groups excluding tert-OH is 1. The minimum atomic E-state index is -0.0227. The van der Waals surface area contributed by atoms with E-state index in [2.05, 4.69) is 35.9 Å². The zero-order valence-corrected chi connectivity index (χ0v) is 14.1. The maximum Gasteiger partial charge on any atom is 0.0628 e. The van der Waals surface area contributed by atoms with Crippen LogP contribution in [0.2, 0.25) is 0 Å². The lowest BCUT2D eigenvalue weighted by Crippen LogP contribution is -2.62. The Kier molecular flexibility index (Phi) is 4.34. The molecule has 4 heteroatoms. The number of hydrogen-bond donors (Lipinski definition) is 2. The monoisotopic (exact) mass is 295 g/mol. The third-order valence-electron chi connectivity index (χ3n) is 5.54. The van der Waals surface area contributed by atoms with Gasteiger partial charge in [-0.05, 0) is 52.4 Å². The third kappa shape index (κ3) is 3.79. The summed E-state index contributed by atoms with van der Waals surface area (Å²) in [6, 6.07) is 0.675. The van der Waals surface area contributed by atoms with Crippen molar-refractivity contribution in [2.24, 2.45) is 5.92 Å². The number of aliphatic hydroxyl groups is 1. The van der Waals surface area contributed by atoms with Crippen LogP contribution in [-0.2, 0) is 0 Å². The first kappa shape index (κ1) is 15.7. The first-order valence-corrected chi connectivity index (χ1v) is 8.79. The summed E-state index contributed by atoms with van der Waals surface area (Å²) in [4.78, 5) is 5.15. The number of rotatable bonds is 6. The molecule has 2 saturated carbocycles. The summed E-state index contributed by atoms with van der Waals surface area (Å²) < 4.78 is 0. The van der Waals surface area contributed by atoms with Crippen molar-refractivity contribution < 1.29 is 5.11 Å².